The Hall–Kier alpha value is -3.81. The normalized spacial score (nSPS) is 11.0. The van der Waals surface area contributed by atoms with Crippen molar-refractivity contribution in [1.82, 2.24) is 20.2 Å². The van der Waals surface area contributed by atoms with Gasteiger partial charge in [0.1, 0.15) is 12.2 Å². The zero-order valence-corrected chi connectivity index (χ0v) is 16.9. The number of ether oxygens (including phenoxy) is 1. The van der Waals surface area contributed by atoms with Crippen LogP contribution in [-0.4, -0.2) is 26.2 Å². The lowest BCUT2D eigenvalue weighted by molar-refractivity contribution is -0.146. The van der Waals surface area contributed by atoms with Crippen LogP contribution in [-0.2, 0) is 22.7 Å². The summed E-state index contributed by atoms with van der Waals surface area (Å²) in [4.78, 5) is 25.3. The van der Waals surface area contributed by atoms with Crippen molar-refractivity contribution in [1.29, 1.82) is 0 Å². The number of nitrogens with zero attached hydrogens (tertiary/aromatic N) is 4. The second-order valence-corrected chi connectivity index (χ2v) is 7.19. The molecule has 2 aromatic heterocycles. The smallest absolute Gasteiger partial charge is 0.336 e. The number of aryl methyl sites for hydroxylation is 3. The predicted molar refractivity (Wildman–Crippen MR) is 110 cm³/mol. The highest BCUT2D eigenvalue weighted by molar-refractivity contribution is 5.82. The van der Waals surface area contributed by atoms with Crippen LogP contribution in [0.25, 0.3) is 22.4 Å². The Bertz CT molecular complexity index is 1290. The van der Waals surface area contributed by atoms with Gasteiger partial charge in [0.2, 0.25) is 5.82 Å². The molecule has 0 aliphatic rings. The van der Waals surface area contributed by atoms with Gasteiger partial charge in [0, 0.05) is 22.6 Å². The molecule has 8 heteroatoms. The van der Waals surface area contributed by atoms with E-state index < -0.39 is 11.6 Å². The van der Waals surface area contributed by atoms with Gasteiger partial charge in [0.25, 0.3) is 0 Å². The third-order valence-corrected chi connectivity index (χ3v) is 4.87. The van der Waals surface area contributed by atoms with Gasteiger partial charge >= 0.3 is 11.6 Å². The fourth-order valence-corrected chi connectivity index (χ4v) is 3.05. The first-order chi connectivity index (χ1) is 14.4. The first-order valence-corrected chi connectivity index (χ1v) is 9.43. The molecule has 30 heavy (non-hydrogen) atoms. The van der Waals surface area contributed by atoms with E-state index in [9.17, 15) is 9.59 Å². The number of fused-ring (bicyclic) bond motifs is 1. The van der Waals surface area contributed by atoms with Crippen LogP contribution in [0.4, 0.5) is 0 Å². The molecule has 0 atom stereocenters. The third-order valence-electron chi connectivity index (χ3n) is 4.87. The molecule has 2 aromatic carbocycles. The van der Waals surface area contributed by atoms with Crippen LogP contribution in [0.15, 0.2) is 51.7 Å². The molecular weight excluding hydrogens is 384 g/mol. The quantitative estimate of drug-likeness (QED) is 0.372. The summed E-state index contributed by atoms with van der Waals surface area (Å²) in [5.41, 5.74) is 4.58. The van der Waals surface area contributed by atoms with E-state index in [2.05, 4.69) is 15.4 Å². The fourth-order valence-electron chi connectivity index (χ4n) is 3.05. The van der Waals surface area contributed by atoms with Gasteiger partial charge in [0.05, 0.1) is 0 Å². The minimum absolute atomic E-state index is 0.0526. The van der Waals surface area contributed by atoms with Crippen molar-refractivity contribution >= 4 is 16.9 Å². The number of hydrogen-bond acceptors (Lipinski definition) is 7. The van der Waals surface area contributed by atoms with E-state index in [1.54, 1.807) is 0 Å². The van der Waals surface area contributed by atoms with Crippen LogP contribution in [0.3, 0.4) is 0 Å². The van der Waals surface area contributed by atoms with Gasteiger partial charge in [-0.05, 0) is 49.2 Å². The molecule has 4 rings (SSSR count). The molecule has 0 aliphatic heterocycles. The van der Waals surface area contributed by atoms with Crippen LogP contribution in [0.2, 0.25) is 0 Å². The van der Waals surface area contributed by atoms with Gasteiger partial charge in [-0.2, -0.15) is 4.80 Å². The number of tetrazole rings is 1. The van der Waals surface area contributed by atoms with Crippen molar-refractivity contribution in [3.63, 3.8) is 0 Å². The van der Waals surface area contributed by atoms with E-state index in [0.29, 0.717) is 17.0 Å². The van der Waals surface area contributed by atoms with Crippen molar-refractivity contribution in [3.05, 3.63) is 75.1 Å². The second-order valence-electron chi connectivity index (χ2n) is 7.19. The number of rotatable bonds is 5. The van der Waals surface area contributed by atoms with Gasteiger partial charge < -0.3 is 9.15 Å². The van der Waals surface area contributed by atoms with Crippen LogP contribution >= 0.6 is 0 Å². The molecule has 0 bridgehead atoms. The van der Waals surface area contributed by atoms with Crippen molar-refractivity contribution in [2.45, 2.75) is 33.9 Å². The highest BCUT2D eigenvalue weighted by Gasteiger charge is 2.13. The number of benzene rings is 2. The molecule has 0 amide bonds. The summed E-state index contributed by atoms with van der Waals surface area (Å²) in [5.74, 6) is -0.103. The molecule has 8 nitrogen and oxygen atoms in total. The number of aromatic nitrogens is 4. The Morgan fingerprint density at radius 3 is 2.57 bits per heavy atom. The first-order valence-electron chi connectivity index (χ1n) is 9.43. The summed E-state index contributed by atoms with van der Waals surface area (Å²) in [6.45, 7) is 5.67. The maximum absolute atomic E-state index is 12.3. The molecular formula is C22H20N4O4. The maximum atomic E-state index is 12.3. The lowest BCUT2D eigenvalue weighted by Gasteiger charge is -2.09. The Morgan fingerprint density at radius 2 is 1.80 bits per heavy atom. The van der Waals surface area contributed by atoms with E-state index in [4.69, 9.17) is 9.15 Å². The summed E-state index contributed by atoms with van der Waals surface area (Å²) in [6, 6.07) is 12.8. The van der Waals surface area contributed by atoms with Gasteiger partial charge in [-0.25, -0.2) is 9.59 Å². The standard InChI is InChI=1S/C22H20N4O4/c1-13-4-6-16(7-5-13)22-23-25-26(24-22)11-21(28)29-12-17-10-20(27)30-19-9-15(3)14(2)8-18(17)19/h4-10H,11-12H2,1-3H3. The predicted octanol–water partition coefficient (Wildman–Crippen LogP) is 3.12. The lowest BCUT2D eigenvalue weighted by Crippen LogP contribution is -2.16. The molecule has 0 N–H and O–H groups in total. The number of esters is 1. The molecule has 0 radical (unpaired) electrons. The molecule has 0 unspecified atom stereocenters. The van der Waals surface area contributed by atoms with E-state index >= 15 is 0 Å². The van der Waals surface area contributed by atoms with Crippen LogP contribution in [0.1, 0.15) is 22.3 Å². The zero-order chi connectivity index (χ0) is 21.3. The van der Waals surface area contributed by atoms with E-state index in [1.807, 2.05) is 57.2 Å². The zero-order valence-electron chi connectivity index (χ0n) is 16.9. The Labute approximate surface area is 172 Å². The van der Waals surface area contributed by atoms with Crippen LogP contribution in [0.5, 0.6) is 0 Å². The molecule has 152 valence electrons. The summed E-state index contributed by atoms with van der Waals surface area (Å²) in [6.07, 6.45) is 0. The lowest BCUT2D eigenvalue weighted by atomic mass is 10.0. The average Bonchev–Trinajstić information content (AvgIpc) is 3.16. The Kier molecular flexibility index (Phi) is 5.14. The molecule has 4 aromatic rings. The summed E-state index contributed by atoms with van der Waals surface area (Å²) >= 11 is 0. The van der Waals surface area contributed by atoms with Gasteiger partial charge in [-0.3, -0.25) is 0 Å². The minimum Gasteiger partial charge on any atom is -0.459 e. The van der Waals surface area contributed by atoms with Gasteiger partial charge in [0.15, 0.2) is 6.54 Å². The van der Waals surface area contributed by atoms with Crippen molar-refractivity contribution in [3.8, 4) is 11.4 Å². The van der Waals surface area contributed by atoms with Crippen molar-refractivity contribution in [2.75, 3.05) is 0 Å². The fraction of sp³-hybridized carbons (Fsp3) is 0.227. The monoisotopic (exact) mass is 404 g/mol. The summed E-state index contributed by atoms with van der Waals surface area (Å²) in [7, 11) is 0. The third kappa shape index (κ3) is 4.12. The second kappa shape index (κ2) is 7.90. The first kappa shape index (κ1) is 19.5. The van der Waals surface area contributed by atoms with E-state index in [1.165, 1.54) is 10.9 Å². The highest BCUT2D eigenvalue weighted by atomic mass is 16.5. The highest BCUT2D eigenvalue weighted by Crippen LogP contribution is 2.22. The average molecular weight is 404 g/mol. The van der Waals surface area contributed by atoms with Gasteiger partial charge in [-0.1, -0.05) is 29.8 Å². The number of carbonyl (C=O) groups is 1. The maximum Gasteiger partial charge on any atom is 0.336 e. The molecule has 0 spiro atoms. The summed E-state index contributed by atoms with van der Waals surface area (Å²) < 4.78 is 10.6. The molecule has 2 heterocycles. The minimum atomic E-state index is -0.534. The SMILES string of the molecule is Cc1ccc(-c2nnn(CC(=O)OCc3cc(=O)oc4cc(C)c(C)cc34)n2)cc1. The van der Waals surface area contributed by atoms with Gasteiger partial charge in [-0.15, -0.1) is 10.2 Å². The molecule has 0 saturated carbocycles. The van der Waals surface area contributed by atoms with Crippen LogP contribution in [0, 0.1) is 20.8 Å². The molecule has 0 fully saturated rings. The molecule has 0 saturated heterocycles. The number of carbonyl (C=O) groups excluding carboxylic acids is 1. The van der Waals surface area contributed by atoms with Crippen LogP contribution < -0.4 is 5.63 Å². The topological polar surface area (TPSA) is 100 Å². The van der Waals surface area contributed by atoms with E-state index in [-0.39, 0.29) is 13.2 Å². The van der Waals surface area contributed by atoms with Crippen molar-refractivity contribution in [2.24, 2.45) is 0 Å². The van der Waals surface area contributed by atoms with Crippen molar-refractivity contribution < 1.29 is 13.9 Å². The Balaban J connectivity index is 1.46. The summed E-state index contributed by atoms with van der Waals surface area (Å²) in [5, 5.41) is 12.8. The largest absolute Gasteiger partial charge is 0.459 e. The Morgan fingerprint density at radius 1 is 1.07 bits per heavy atom. The van der Waals surface area contributed by atoms with E-state index in [0.717, 1.165) is 27.6 Å². The number of hydrogen-bond donors (Lipinski definition) is 0. The molecule has 0 aliphatic carbocycles.